The second-order valence-corrected chi connectivity index (χ2v) is 15.3. The molecule has 0 saturated carbocycles. The van der Waals surface area contributed by atoms with Crippen LogP contribution in [0.1, 0.15) is 67.2 Å². The third kappa shape index (κ3) is 11.7. The second-order valence-electron chi connectivity index (χ2n) is 15.3. The van der Waals surface area contributed by atoms with E-state index in [0.717, 1.165) is 6.29 Å². The molecule has 3 heterocycles. The van der Waals surface area contributed by atoms with Crippen LogP contribution in [0.5, 0.6) is 0 Å². The summed E-state index contributed by atoms with van der Waals surface area (Å²) in [5.74, 6) is -2.90. The molecule has 2 fully saturated rings. The first-order chi connectivity index (χ1) is 25.5. The predicted molar refractivity (Wildman–Crippen MR) is 196 cm³/mol. The third-order valence-corrected chi connectivity index (χ3v) is 11.1. The molecular weight excluding hydrogens is 706 g/mol. The van der Waals surface area contributed by atoms with Crippen LogP contribution >= 0.6 is 0 Å². The van der Waals surface area contributed by atoms with Gasteiger partial charge >= 0.3 is 5.97 Å². The van der Waals surface area contributed by atoms with Crippen molar-refractivity contribution in [1.82, 2.24) is 4.90 Å². The molecule has 0 unspecified atom stereocenters. The van der Waals surface area contributed by atoms with E-state index in [9.17, 15) is 34.8 Å². The quantitative estimate of drug-likeness (QED) is 0.173. The number of hydrogen-bond donors (Lipinski definition) is 4. The fourth-order valence-corrected chi connectivity index (χ4v) is 7.75. The first-order valence-corrected chi connectivity index (χ1v) is 19.0. The highest BCUT2D eigenvalue weighted by Crippen LogP contribution is 2.34. The van der Waals surface area contributed by atoms with E-state index in [4.69, 9.17) is 33.2 Å². The average molecular weight is 772 g/mol. The van der Waals surface area contributed by atoms with Gasteiger partial charge in [-0.3, -0.25) is 9.59 Å². The minimum atomic E-state index is -1.32. The lowest BCUT2D eigenvalue weighted by molar-refractivity contribution is -0.304. The fraction of sp³-hybridized carbons (Fsp3) is 0.821. The van der Waals surface area contributed by atoms with E-state index >= 15 is 0 Å². The van der Waals surface area contributed by atoms with Gasteiger partial charge in [0.2, 0.25) is 0 Å². The Morgan fingerprint density at radius 2 is 1.54 bits per heavy atom. The van der Waals surface area contributed by atoms with Crippen molar-refractivity contribution in [3.05, 3.63) is 23.8 Å². The third-order valence-electron chi connectivity index (χ3n) is 11.1. The number of cyclic esters (lactones) is 1. The van der Waals surface area contributed by atoms with E-state index in [1.807, 2.05) is 6.92 Å². The van der Waals surface area contributed by atoms with Gasteiger partial charge in [-0.25, -0.2) is 0 Å². The summed E-state index contributed by atoms with van der Waals surface area (Å²) < 4.78 is 41.9. The average Bonchev–Trinajstić information content (AvgIpc) is 3.12. The van der Waals surface area contributed by atoms with Gasteiger partial charge in [0, 0.05) is 32.5 Å². The molecule has 54 heavy (non-hydrogen) atoms. The number of aldehydes is 1. The molecule has 17 atom stereocenters. The van der Waals surface area contributed by atoms with E-state index in [1.165, 1.54) is 20.3 Å². The SMILES string of the molecule is CC[C@@H]1OC(=O)C[C@H](O)[C@H](C)[C@H](O[C@@H]2O[C@H](C)[C@H](O)[C@H](N(C)C)[C@@H]2O)[C@H](CC=O)C[C@H](C)C(=O)/C=C\C(C)=C/[C@@H]1OC[C@@H]1O[C@H](C)[C@H](O)[C@H](OC)[C@@H]1OC. The largest absolute Gasteiger partial charge is 0.459 e. The van der Waals surface area contributed by atoms with Gasteiger partial charge < -0.3 is 63.3 Å². The number of allylic oxidation sites excluding steroid dienone is 3. The van der Waals surface area contributed by atoms with Gasteiger partial charge in [-0.2, -0.15) is 0 Å². The van der Waals surface area contributed by atoms with Crippen molar-refractivity contribution in [3.8, 4) is 0 Å². The van der Waals surface area contributed by atoms with Crippen LogP contribution in [0.25, 0.3) is 0 Å². The Bertz CT molecular complexity index is 1260. The number of aliphatic hydroxyl groups is 4. The maximum atomic E-state index is 13.5. The summed E-state index contributed by atoms with van der Waals surface area (Å²) in [6, 6.07) is -0.741. The van der Waals surface area contributed by atoms with Crippen molar-refractivity contribution in [2.24, 2.45) is 17.8 Å². The van der Waals surface area contributed by atoms with E-state index in [2.05, 4.69) is 0 Å². The van der Waals surface area contributed by atoms with Gasteiger partial charge in [0.05, 0.1) is 49.6 Å². The number of carbonyl (C=O) groups excluding carboxylic acids is 3. The van der Waals surface area contributed by atoms with Crippen molar-refractivity contribution in [1.29, 1.82) is 0 Å². The van der Waals surface area contributed by atoms with Crippen LogP contribution in [0.15, 0.2) is 23.8 Å². The normalized spacial score (nSPS) is 43.6. The molecule has 3 aliphatic heterocycles. The zero-order chi connectivity index (χ0) is 40.4. The number of carbonyl (C=O) groups is 3. The molecule has 0 aliphatic carbocycles. The van der Waals surface area contributed by atoms with Gasteiger partial charge in [0.25, 0.3) is 0 Å². The standard InChI is InChI=1S/C39H65NO14/c1-11-28-29(50-19-30-37(48-9)38(49-10)34(46)24(6)51-30)16-20(2)12-13-26(42)21(3)17-25(14-15-41)36(22(4)27(43)18-31(44)53-28)54-39-35(47)32(40(7)8)33(45)23(5)52-39/h12-13,15-16,21-25,27-30,32-39,43,45-47H,11,14,17-19H2,1-10H3/b13-12-,20-16-/t21-,22-,23+,24+,25+,27-,28-,29-,30-,32-,33-,34-,35-,36-,37+,38-,39-/m0/s1. The summed E-state index contributed by atoms with van der Waals surface area (Å²) in [4.78, 5) is 40.7. The molecule has 3 aliphatic rings. The Labute approximate surface area is 319 Å². The van der Waals surface area contributed by atoms with Crippen LogP contribution in [0.2, 0.25) is 0 Å². The van der Waals surface area contributed by atoms with Crippen LogP contribution in [0, 0.1) is 17.8 Å². The highest BCUT2D eigenvalue weighted by Gasteiger charge is 2.48. The number of ether oxygens (including phenoxy) is 7. The maximum Gasteiger partial charge on any atom is 0.308 e. The lowest BCUT2D eigenvalue weighted by atomic mass is 9.79. The molecule has 4 N–H and O–H groups in total. The molecule has 0 aromatic carbocycles. The first kappa shape index (κ1) is 46.2. The van der Waals surface area contributed by atoms with Gasteiger partial charge in [0.15, 0.2) is 12.1 Å². The van der Waals surface area contributed by atoms with Crippen LogP contribution in [0.3, 0.4) is 0 Å². The van der Waals surface area contributed by atoms with Gasteiger partial charge in [0.1, 0.15) is 49.0 Å². The Morgan fingerprint density at radius 1 is 0.889 bits per heavy atom. The summed E-state index contributed by atoms with van der Waals surface area (Å²) in [7, 11) is 6.40. The van der Waals surface area contributed by atoms with E-state index < -0.39 is 116 Å². The Balaban J connectivity index is 1.96. The summed E-state index contributed by atoms with van der Waals surface area (Å²) in [5, 5.41) is 44.2. The zero-order valence-corrected chi connectivity index (χ0v) is 33.5. The van der Waals surface area contributed by atoms with Crippen molar-refractivity contribution in [3.63, 3.8) is 0 Å². The highest BCUT2D eigenvalue weighted by molar-refractivity contribution is 5.91. The van der Waals surface area contributed by atoms with Gasteiger partial charge in [-0.05, 0) is 65.8 Å². The second kappa shape index (κ2) is 21.4. The molecule has 15 nitrogen and oxygen atoms in total. The van der Waals surface area contributed by atoms with Crippen molar-refractivity contribution < 1.29 is 68.0 Å². The number of methoxy groups -OCH3 is 2. The summed E-state index contributed by atoms with van der Waals surface area (Å²) in [5.41, 5.74) is 0.656. The number of hydrogen-bond acceptors (Lipinski definition) is 15. The minimum Gasteiger partial charge on any atom is -0.459 e. The molecule has 3 rings (SSSR count). The van der Waals surface area contributed by atoms with Crippen molar-refractivity contribution in [2.75, 3.05) is 34.9 Å². The topological polar surface area (TPSA) is 200 Å². The fourth-order valence-electron chi connectivity index (χ4n) is 7.75. The Hall–Kier alpha value is -2.15. The molecule has 0 radical (unpaired) electrons. The number of rotatable bonds is 11. The minimum absolute atomic E-state index is 0.00614. The van der Waals surface area contributed by atoms with Crippen LogP contribution in [0.4, 0.5) is 0 Å². The van der Waals surface area contributed by atoms with E-state index in [1.54, 1.807) is 65.8 Å². The lowest BCUT2D eigenvalue weighted by Crippen LogP contribution is -2.63. The monoisotopic (exact) mass is 771 g/mol. The van der Waals surface area contributed by atoms with Gasteiger partial charge in [-0.1, -0.05) is 32.4 Å². The smallest absolute Gasteiger partial charge is 0.308 e. The summed E-state index contributed by atoms with van der Waals surface area (Å²) >= 11 is 0. The summed E-state index contributed by atoms with van der Waals surface area (Å²) in [6.45, 7) is 10.4. The predicted octanol–water partition coefficient (Wildman–Crippen LogP) is 1.36. The molecule has 0 spiro atoms. The number of ketones is 1. The van der Waals surface area contributed by atoms with Crippen molar-refractivity contribution >= 4 is 18.0 Å². The van der Waals surface area contributed by atoms with Crippen molar-refractivity contribution in [2.45, 2.75) is 153 Å². The number of esters is 1. The molecule has 0 bridgehead atoms. The molecule has 0 aromatic rings. The highest BCUT2D eigenvalue weighted by atomic mass is 16.7. The lowest BCUT2D eigenvalue weighted by Gasteiger charge is -2.46. The number of nitrogens with zero attached hydrogens (tertiary/aromatic N) is 1. The zero-order valence-electron chi connectivity index (χ0n) is 33.5. The molecule has 15 heteroatoms. The van der Waals surface area contributed by atoms with Gasteiger partial charge in [-0.15, -0.1) is 0 Å². The van der Waals surface area contributed by atoms with Crippen LogP contribution in [-0.4, -0.2) is 164 Å². The number of likely N-dealkylation sites (N-methyl/N-ethyl adjacent to an activating group) is 1. The maximum absolute atomic E-state index is 13.5. The van der Waals surface area contributed by atoms with E-state index in [0.29, 0.717) is 12.0 Å². The number of aliphatic hydroxyl groups excluding tert-OH is 4. The van der Waals surface area contributed by atoms with Crippen LogP contribution < -0.4 is 0 Å². The van der Waals surface area contributed by atoms with E-state index in [-0.39, 0.29) is 25.2 Å². The molecular formula is C39H65NO14. The Morgan fingerprint density at radius 3 is 2.13 bits per heavy atom. The van der Waals surface area contributed by atoms with Crippen LogP contribution in [-0.2, 0) is 47.5 Å². The summed E-state index contributed by atoms with van der Waals surface area (Å²) in [6.07, 6.45) is -6.00. The molecule has 0 aromatic heterocycles. The molecule has 2 saturated heterocycles. The molecule has 310 valence electrons. The molecule has 0 amide bonds. The first-order valence-electron chi connectivity index (χ1n) is 19.0. The Kier molecular flexibility index (Phi) is 18.3.